The van der Waals surface area contributed by atoms with Crippen molar-refractivity contribution in [2.75, 3.05) is 43.6 Å². The fourth-order valence-electron chi connectivity index (χ4n) is 3.60. The number of carbonyl (C=O) groups is 1. The number of carbonyl (C=O) groups excluding carboxylic acids is 1. The highest BCUT2D eigenvalue weighted by atomic mass is 16.5. The fourth-order valence-corrected chi connectivity index (χ4v) is 3.60. The van der Waals surface area contributed by atoms with Gasteiger partial charge < -0.3 is 31.0 Å². The number of hydrogen-bond donors (Lipinski definition) is 4. The largest absolute Gasteiger partial charge is 0.378 e. The van der Waals surface area contributed by atoms with E-state index in [2.05, 4.69) is 35.8 Å². The number of fused-ring (bicyclic) bond motifs is 1. The van der Waals surface area contributed by atoms with Crippen LogP contribution in [0, 0.1) is 17.7 Å². The van der Waals surface area contributed by atoms with Crippen LogP contribution >= 0.6 is 0 Å². The van der Waals surface area contributed by atoms with Crippen LogP contribution in [0.2, 0.25) is 0 Å². The molecule has 4 rings (SSSR count). The van der Waals surface area contributed by atoms with Crippen molar-refractivity contribution < 1.29 is 9.53 Å². The van der Waals surface area contributed by atoms with Crippen molar-refractivity contribution in [3.8, 4) is 0 Å². The second-order valence-corrected chi connectivity index (χ2v) is 9.81. The highest BCUT2D eigenvalue weighted by Crippen LogP contribution is 2.26. The minimum atomic E-state index is -0.334. The molecule has 0 aliphatic carbocycles. The lowest BCUT2D eigenvalue weighted by molar-refractivity contribution is 0.0963. The van der Waals surface area contributed by atoms with Gasteiger partial charge in [-0.1, -0.05) is 26.8 Å². The summed E-state index contributed by atoms with van der Waals surface area (Å²) in [5, 5.41) is 17.4. The number of aromatic nitrogens is 4. The topological polar surface area (TPSA) is 141 Å². The Hall–Kier alpha value is -4.12. The molecule has 1 aromatic carbocycles. The highest BCUT2D eigenvalue weighted by Gasteiger charge is 2.18. The van der Waals surface area contributed by atoms with Crippen molar-refractivity contribution >= 4 is 40.1 Å². The first-order valence-corrected chi connectivity index (χ1v) is 12.1. The number of rotatable bonds is 7. The third-order valence-electron chi connectivity index (χ3n) is 6.03. The van der Waals surface area contributed by atoms with E-state index in [-0.39, 0.29) is 11.3 Å². The van der Waals surface area contributed by atoms with Gasteiger partial charge in [0.05, 0.1) is 19.4 Å². The molecule has 0 atom stereocenters. The van der Waals surface area contributed by atoms with Crippen molar-refractivity contribution in [3.05, 3.63) is 53.7 Å². The van der Waals surface area contributed by atoms with E-state index in [1.54, 1.807) is 31.5 Å². The molecule has 1 saturated heterocycles. The lowest BCUT2D eigenvalue weighted by Gasteiger charge is -2.26. The Balaban J connectivity index is 1.59. The van der Waals surface area contributed by atoms with E-state index in [0.717, 1.165) is 24.3 Å². The number of nitrogens with zero attached hydrogens (tertiary/aromatic N) is 5. The summed E-state index contributed by atoms with van der Waals surface area (Å²) in [6, 6.07) is 5.40. The van der Waals surface area contributed by atoms with Crippen LogP contribution in [0.25, 0.3) is 11.0 Å². The Labute approximate surface area is 216 Å². The van der Waals surface area contributed by atoms with Gasteiger partial charge in [-0.25, -0.2) is 19.9 Å². The summed E-state index contributed by atoms with van der Waals surface area (Å²) in [6.07, 6.45) is 4.78. The van der Waals surface area contributed by atoms with Gasteiger partial charge in [-0.3, -0.25) is 4.79 Å². The molecule has 11 nitrogen and oxygen atoms in total. The summed E-state index contributed by atoms with van der Waals surface area (Å²) in [6.45, 7) is 10.5. The number of aryl methyl sites for hydroxylation is 1. The van der Waals surface area contributed by atoms with Crippen LogP contribution < -0.4 is 20.9 Å². The molecular formula is C26H33N9O2. The molecule has 11 heteroatoms. The van der Waals surface area contributed by atoms with Crippen LogP contribution in [0.5, 0.6) is 0 Å². The van der Waals surface area contributed by atoms with Crippen molar-refractivity contribution in [2.24, 2.45) is 5.41 Å². The Bertz CT molecular complexity index is 1340. The number of allylic oxidation sites excluding steroid dienone is 1. The Kier molecular flexibility index (Phi) is 7.63. The summed E-state index contributed by atoms with van der Waals surface area (Å²) >= 11 is 0. The monoisotopic (exact) mass is 503 g/mol. The smallest absolute Gasteiger partial charge is 0.256 e. The number of morpholine rings is 1. The minimum Gasteiger partial charge on any atom is -0.378 e. The Morgan fingerprint density at radius 2 is 1.92 bits per heavy atom. The van der Waals surface area contributed by atoms with Crippen LogP contribution in [0.3, 0.4) is 0 Å². The molecule has 1 fully saturated rings. The van der Waals surface area contributed by atoms with E-state index < -0.39 is 0 Å². The quantitative estimate of drug-likeness (QED) is 0.358. The highest BCUT2D eigenvalue weighted by molar-refractivity contribution is 6.00. The summed E-state index contributed by atoms with van der Waals surface area (Å²) < 4.78 is 5.43. The zero-order chi connectivity index (χ0) is 26.6. The molecule has 3 heterocycles. The first kappa shape index (κ1) is 26.0. The van der Waals surface area contributed by atoms with Crippen molar-refractivity contribution in [1.29, 1.82) is 5.41 Å². The van der Waals surface area contributed by atoms with Gasteiger partial charge in [0.15, 0.2) is 5.82 Å². The predicted octanol–water partition coefficient (Wildman–Crippen LogP) is 3.16. The minimum absolute atomic E-state index is 0.296. The molecule has 4 N–H and O–H groups in total. The maximum atomic E-state index is 13.0. The van der Waals surface area contributed by atoms with Crippen LogP contribution in [-0.4, -0.2) is 64.9 Å². The summed E-state index contributed by atoms with van der Waals surface area (Å²) in [5.74, 6) is 1.28. The zero-order valence-electron chi connectivity index (χ0n) is 21.8. The number of hydrogen-bond acceptors (Lipinski definition) is 10. The molecule has 1 amide bonds. The molecule has 194 valence electrons. The van der Waals surface area contributed by atoms with Gasteiger partial charge in [0.2, 0.25) is 5.95 Å². The van der Waals surface area contributed by atoms with E-state index in [1.165, 1.54) is 6.33 Å². The molecule has 0 unspecified atom stereocenters. The van der Waals surface area contributed by atoms with Gasteiger partial charge in [-0.2, -0.15) is 0 Å². The maximum absolute atomic E-state index is 13.0. The summed E-state index contributed by atoms with van der Waals surface area (Å²) in [5.41, 5.74) is 3.39. The molecule has 2 aromatic heterocycles. The zero-order valence-corrected chi connectivity index (χ0v) is 21.8. The van der Waals surface area contributed by atoms with E-state index >= 15 is 0 Å². The molecule has 0 radical (unpaired) electrons. The summed E-state index contributed by atoms with van der Waals surface area (Å²) in [7, 11) is 1.71. The molecule has 0 saturated carbocycles. The Morgan fingerprint density at radius 3 is 2.62 bits per heavy atom. The van der Waals surface area contributed by atoms with Crippen LogP contribution in [0.1, 0.15) is 36.7 Å². The first-order chi connectivity index (χ1) is 17.7. The molecule has 1 aliphatic rings. The van der Waals surface area contributed by atoms with E-state index in [9.17, 15) is 4.79 Å². The second kappa shape index (κ2) is 10.9. The number of benzene rings is 1. The van der Waals surface area contributed by atoms with Gasteiger partial charge in [-0.05, 0) is 30.7 Å². The first-order valence-electron chi connectivity index (χ1n) is 12.1. The van der Waals surface area contributed by atoms with Gasteiger partial charge in [-0.15, -0.1) is 0 Å². The standard InChI is InChI=1S/C26H33N9O2/c1-16-6-7-17(24(36)33-21(28-5)13-20(27)26(2,3)4)12-18(16)32-23-22-19(30-15-31-23)14-29-25(34-22)35-8-10-37-11-9-35/h6-7,12-15,27-28H,8-11H2,1-5H3,(H,33,36)(H,30,31,32)/b21-13+,27-20?. The average Bonchev–Trinajstić information content (AvgIpc) is 2.89. The number of amides is 1. The molecule has 1 aliphatic heterocycles. The van der Waals surface area contributed by atoms with E-state index in [0.29, 0.717) is 53.1 Å². The van der Waals surface area contributed by atoms with Crippen LogP contribution in [0.15, 0.2) is 42.6 Å². The van der Waals surface area contributed by atoms with Crippen molar-refractivity contribution in [2.45, 2.75) is 27.7 Å². The molecule has 37 heavy (non-hydrogen) atoms. The molecule has 0 spiro atoms. The molecule has 3 aromatic rings. The lowest BCUT2D eigenvalue weighted by Crippen LogP contribution is -2.37. The van der Waals surface area contributed by atoms with Gasteiger partial charge in [0, 0.05) is 42.5 Å². The molecule has 0 bridgehead atoms. The predicted molar refractivity (Wildman–Crippen MR) is 144 cm³/mol. The van der Waals surface area contributed by atoms with Crippen molar-refractivity contribution in [1.82, 2.24) is 30.6 Å². The summed E-state index contributed by atoms with van der Waals surface area (Å²) in [4.78, 5) is 33.0. The van der Waals surface area contributed by atoms with Crippen molar-refractivity contribution in [3.63, 3.8) is 0 Å². The van der Waals surface area contributed by atoms with Crippen LogP contribution in [-0.2, 0) is 4.74 Å². The number of nitrogens with one attached hydrogen (secondary N) is 4. The van der Waals surface area contributed by atoms with Gasteiger partial charge in [0.25, 0.3) is 5.91 Å². The normalized spacial score (nSPS) is 14.4. The van der Waals surface area contributed by atoms with E-state index in [4.69, 9.17) is 15.1 Å². The average molecular weight is 504 g/mol. The Morgan fingerprint density at radius 1 is 1.16 bits per heavy atom. The van der Waals surface area contributed by atoms with E-state index in [1.807, 2.05) is 33.8 Å². The number of anilines is 3. The fraction of sp³-hybridized carbons (Fsp3) is 0.385. The molecular weight excluding hydrogens is 470 g/mol. The lowest BCUT2D eigenvalue weighted by atomic mass is 9.90. The number of ether oxygens (including phenoxy) is 1. The third kappa shape index (κ3) is 6.18. The maximum Gasteiger partial charge on any atom is 0.256 e. The SMILES string of the molecule is CN/C(=C\C(=N)C(C)(C)C)NC(=O)c1ccc(C)c(Nc2ncnc3cnc(N4CCOCC4)nc23)c1. The second-order valence-electron chi connectivity index (χ2n) is 9.81. The van der Waals surface area contributed by atoms with Gasteiger partial charge in [0.1, 0.15) is 23.2 Å². The van der Waals surface area contributed by atoms with Gasteiger partial charge >= 0.3 is 0 Å². The van der Waals surface area contributed by atoms with Crippen LogP contribution in [0.4, 0.5) is 17.5 Å². The third-order valence-corrected chi connectivity index (χ3v) is 6.03.